The molecule has 0 spiro atoms. The summed E-state index contributed by atoms with van der Waals surface area (Å²) in [6.45, 7) is 12.7. The van der Waals surface area contributed by atoms with E-state index < -0.39 is 40.9 Å². The number of carbonyl (C=O) groups excluding carboxylic acids is 2. The fraction of sp³-hybridized carbons (Fsp3) is 0.708. The molecule has 0 bridgehead atoms. The maximum atomic E-state index is 13.1. The van der Waals surface area contributed by atoms with Gasteiger partial charge in [-0.2, -0.15) is 0 Å². The van der Waals surface area contributed by atoms with Crippen molar-refractivity contribution in [2.75, 3.05) is 26.2 Å². The van der Waals surface area contributed by atoms with Gasteiger partial charge in [-0.05, 0) is 66.5 Å². The average Bonchev–Trinajstić information content (AvgIpc) is 2.67. The van der Waals surface area contributed by atoms with Crippen molar-refractivity contribution < 1.29 is 34.1 Å². The summed E-state index contributed by atoms with van der Waals surface area (Å²) in [6, 6.07) is -0.489. The van der Waals surface area contributed by atoms with Gasteiger partial charge in [0.15, 0.2) is 5.54 Å². The molecule has 0 saturated carbocycles. The molecule has 0 radical (unpaired) electrons. The predicted octanol–water partition coefficient (Wildman–Crippen LogP) is 2.87. The van der Waals surface area contributed by atoms with Gasteiger partial charge in [0.25, 0.3) is 0 Å². The summed E-state index contributed by atoms with van der Waals surface area (Å²) in [4.78, 5) is 40.8. The summed E-state index contributed by atoms with van der Waals surface area (Å²) in [6.07, 6.45) is 2.89. The number of carbonyl (C=O) groups is 3. The zero-order valence-corrected chi connectivity index (χ0v) is 21.3. The molecule has 0 aromatic rings. The fourth-order valence-electron chi connectivity index (χ4n) is 3.71. The lowest BCUT2D eigenvalue weighted by molar-refractivity contribution is -0.141. The molecule has 0 aromatic carbocycles. The van der Waals surface area contributed by atoms with Crippen molar-refractivity contribution in [1.29, 1.82) is 0 Å². The number of aliphatic carboxylic acids is 1. The first-order valence-corrected chi connectivity index (χ1v) is 11.6. The highest BCUT2D eigenvalue weighted by molar-refractivity contribution is 5.82. The first-order valence-electron chi connectivity index (χ1n) is 11.6. The van der Waals surface area contributed by atoms with Crippen LogP contribution in [-0.4, -0.2) is 87.2 Å². The zero-order chi connectivity index (χ0) is 25.9. The number of rotatable bonds is 6. The first kappa shape index (κ1) is 27.5. The number of amides is 2. The van der Waals surface area contributed by atoms with Gasteiger partial charge >= 0.3 is 18.2 Å². The maximum absolute atomic E-state index is 13.1. The van der Waals surface area contributed by atoms with E-state index in [2.05, 4.69) is 5.32 Å². The molecule has 2 aliphatic heterocycles. The normalized spacial score (nSPS) is 22.6. The SMILES string of the molecule is CC(C)(C)OC(=O)N(CCCO)CC1CC2=C(C=CC(C)(C(=O)O)N2)CN1C(=O)OC(C)(C)C. The molecular formula is C24H39N3O7. The Morgan fingerprint density at radius 1 is 1.18 bits per heavy atom. The van der Waals surface area contributed by atoms with Crippen molar-refractivity contribution >= 4 is 18.2 Å². The molecule has 192 valence electrons. The van der Waals surface area contributed by atoms with Crippen LogP contribution in [0.3, 0.4) is 0 Å². The van der Waals surface area contributed by atoms with Crippen LogP contribution in [0.4, 0.5) is 9.59 Å². The summed E-state index contributed by atoms with van der Waals surface area (Å²) in [5.74, 6) is -1.01. The minimum atomic E-state index is -1.26. The third kappa shape index (κ3) is 7.38. The predicted molar refractivity (Wildman–Crippen MR) is 126 cm³/mol. The highest BCUT2D eigenvalue weighted by Crippen LogP contribution is 2.30. The van der Waals surface area contributed by atoms with Crippen LogP contribution in [0.1, 0.15) is 61.3 Å². The lowest BCUT2D eigenvalue weighted by atomic mass is 9.89. The fourth-order valence-corrected chi connectivity index (χ4v) is 3.71. The van der Waals surface area contributed by atoms with Gasteiger partial charge in [-0.25, -0.2) is 14.4 Å². The average molecular weight is 482 g/mol. The number of nitrogens with zero attached hydrogens (tertiary/aromatic N) is 2. The quantitative estimate of drug-likeness (QED) is 0.528. The highest BCUT2D eigenvalue weighted by Gasteiger charge is 2.41. The Hall–Kier alpha value is -2.75. The van der Waals surface area contributed by atoms with Crippen molar-refractivity contribution in [3.8, 4) is 0 Å². The molecule has 2 amide bonds. The molecule has 2 heterocycles. The van der Waals surface area contributed by atoms with Gasteiger partial charge in [-0.1, -0.05) is 6.08 Å². The molecular weight excluding hydrogens is 442 g/mol. The number of dihydropyridines is 1. The van der Waals surface area contributed by atoms with Crippen molar-refractivity contribution in [2.24, 2.45) is 0 Å². The molecule has 0 aliphatic carbocycles. The molecule has 2 aliphatic rings. The monoisotopic (exact) mass is 481 g/mol. The lowest BCUT2D eigenvalue weighted by Crippen LogP contribution is -2.57. The van der Waals surface area contributed by atoms with E-state index in [1.807, 2.05) is 0 Å². The van der Waals surface area contributed by atoms with E-state index in [4.69, 9.17) is 9.47 Å². The number of hydrogen-bond acceptors (Lipinski definition) is 7. The first-order chi connectivity index (χ1) is 15.5. The number of aliphatic hydroxyl groups excluding tert-OH is 1. The van der Waals surface area contributed by atoms with E-state index in [9.17, 15) is 24.6 Å². The Labute approximate surface area is 201 Å². The summed E-state index contributed by atoms with van der Waals surface area (Å²) in [5.41, 5.74) is -1.18. The lowest BCUT2D eigenvalue weighted by Gasteiger charge is -2.43. The Morgan fingerprint density at radius 2 is 1.79 bits per heavy atom. The minimum Gasteiger partial charge on any atom is -0.479 e. The summed E-state index contributed by atoms with van der Waals surface area (Å²) in [5, 5.41) is 22.0. The number of hydrogen-bond donors (Lipinski definition) is 3. The maximum Gasteiger partial charge on any atom is 0.410 e. The van der Waals surface area contributed by atoms with E-state index >= 15 is 0 Å². The van der Waals surface area contributed by atoms with Crippen molar-refractivity contribution in [2.45, 2.75) is 84.1 Å². The largest absolute Gasteiger partial charge is 0.479 e. The van der Waals surface area contributed by atoms with E-state index in [0.717, 1.165) is 5.57 Å². The molecule has 2 atom stereocenters. The standard InChI is InChI=1S/C24H39N3O7/c1-22(2,3)33-20(31)26(11-8-12-28)15-17-13-18-16(9-10-24(7,25-18)19(29)30)14-27(17)21(32)34-23(4,5)6/h9-10,17,25,28H,8,11-15H2,1-7H3,(H,29,30). The summed E-state index contributed by atoms with van der Waals surface area (Å²) in [7, 11) is 0. The summed E-state index contributed by atoms with van der Waals surface area (Å²) < 4.78 is 11.2. The second kappa shape index (κ2) is 10.2. The molecule has 0 fully saturated rings. The van der Waals surface area contributed by atoms with Crippen LogP contribution in [0, 0.1) is 0 Å². The van der Waals surface area contributed by atoms with Gasteiger partial charge < -0.3 is 29.9 Å². The van der Waals surface area contributed by atoms with Crippen LogP contribution in [0.25, 0.3) is 0 Å². The van der Waals surface area contributed by atoms with Gasteiger partial charge in [0, 0.05) is 31.8 Å². The number of carboxylic acid groups (broad SMARTS) is 1. The third-order valence-electron chi connectivity index (χ3n) is 5.38. The Kier molecular flexibility index (Phi) is 8.29. The highest BCUT2D eigenvalue weighted by atomic mass is 16.6. The summed E-state index contributed by atoms with van der Waals surface area (Å²) >= 11 is 0. The minimum absolute atomic E-state index is 0.0988. The van der Waals surface area contributed by atoms with Gasteiger partial charge in [-0.15, -0.1) is 0 Å². The number of nitrogens with one attached hydrogen (secondary N) is 1. The van der Waals surface area contributed by atoms with Crippen molar-refractivity contribution in [3.63, 3.8) is 0 Å². The molecule has 2 unspecified atom stereocenters. The number of carboxylic acids is 1. The molecule has 10 nitrogen and oxygen atoms in total. The van der Waals surface area contributed by atoms with E-state index in [1.54, 1.807) is 65.5 Å². The third-order valence-corrected chi connectivity index (χ3v) is 5.38. The molecule has 0 aromatic heterocycles. The van der Waals surface area contributed by atoms with Crippen LogP contribution in [-0.2, 0) is 14.3 Å². The van der Waals surface area contributed by atoms with Crippen LogP contribution in [0.5, 0.6) is 0 Å². The van der Waals surface area contributed by atoms with E-state index in [-0.39, 0.29) is 26.2 Å². The van der Waals surface area contributed by atoms with Gasteiger partial charge in [-0.3, -0.25) is 4.90 Å². The van der Waals surface area contributed by atoms with Crippen LogP contribution in [0.15, 0.2) is 23.4 Å². The second-order valence-electron chi connectivity index (χ2n) is 10.9. The smallest absolute Gasteiger partial charge is 0.410 e. The Bertz CT molecular complexity index is 854. The molecule has 10 heteroatoms. The Balaban J connectivity index is 2.35. The van der Waals surface area contributed by atoms with Gasteiger partial charge in [0.05, 0.1) is 12.6 Å². The molecule has 0 saturated heterocycles. The number of aliphatic hydroxyl groups is 1. The van der Waals surface area contributed by atoms with E-state index in [0.29, 0.717) is 18.5 Å². The van der Waals surface area contributed by atoms with Crippen LogP contribution in [0.2, 0.25) is 0 Å². The van der Waals surface area contributed by atoms with Gasteiger partial charge in [0.1, 0.15) is 11.2 Å². The number of ether oxygens (including phenoxy) is 2. The zero-order valence-electron chi connectivity index (χ0n) is 21.3. The van der Waals surface area contributed by atoms with Gasteiger partial charge in [0.2, 0.25) is 0 Å². The molecule has 3 N–H and O–H groups in total. The second-order valence-corrected chi connectivity index (χ2v) is 10.9. The topological polar surface area (TPSA) is 129 Å². The van der Waals surface area contributed by atoms with Crippen molar-refractivity contribution in [1.82, 2.24) is 15.1 Å². The Morgan fingerprint density at radius 3 is 2.32 bits per heavy atom. The molecule has 2 rings (SSSR count). The van der Waals surface area contributed by atoms with E-state index in [1.165, 1.54) is 4.90 Å². The van der Waals surface area contributed by atoms with Crippen LogP contribution >= 0.6 is 0 Å². The molecule has 34 heavy (non-hydrogen) atoms. The van der Waals surface area contributed by atoms with Crippen LogP contribution < -0.4 is 5.32 Å². The van der Waals surface area contributed by atoms with Crippen molar-refractivity contribution in [3.05, 3.63) is 23.4 Å².